The molecule has 0 atom stereocenters. The van der Waals surface area contributed by atoms with Crippen molar-refractivity contribution in [2.75, 3.05) is 11.6 Å². The topological polar surface area (TPSA) is 93.9 Å². The molecule has 3 heterocycles. The van der Waals surface area contributed by atoms with E-state index in [0.29, 0.717) is 25.2 Å². The lowest BCUT2D eigenvalue weighted by Gasteiger charge is -2.04. The van der Waals surface area contributed by atoms with Crippen LogP contribution in [0.1, 0.15) is 15.4 Å². The molecule has 7 nitrogen and oxygen atoms in total. The number of halogens is 1. The van der Waals surface area contributed by atoms with E-state index in [1.165, 1.54) is 28.7 Å². The fourth-order valence-electron chi connectivity index (χ4n) is 3.29. The molecule has 1 amide bonds. The number of hydrogen-bond acceptors (Lipinski definition) is 7. The Hall–Kier alpha value is -2.79. The fourth-order valence-corrected chi connectivity index (χ4v) is 6.20. The smallest absolute Gasteiger partial charge is 0.267 e. The van der Waals surface area contributed by atoms with Crippen molar-refractivity contribution in [2.24, 2.45) is 0 Å². The molecule has 11 heteroatoms. The third-order valence-electron chi connectivity index (χ3n) is 4.86. The average molecular weight is 503 g/mol. The van der Waals surface area contributed by atoms with Crippen molar-refractivity contribution < 1.29 is 13.2 Å². The number of carbonyl (C=O) groups is 1. The lowest BCUT2D eigenvalue weighted by atomic mass is 10.3. The van der Waals surface area contributed by atoms with Gasteiger partial charge in [-0.05, 0) is 43.3 Å². The number of nitrogens with zero attached hydrogens (tertiary/aromatic N) is 3. The molecule has 0 aliphatic carbocycles. The third kappa shape index (κ3) is 3.69. The summed E-state index contributed by atoms with van der Waals surface area (Å²) in [6.07, 6.45) is 1.16. The highest BCUT2D eigenvalue weighted by Crippen LogP contribution is 2.34. The van der Waals surface area contributed by atoms with Crippen LogP contribution in [0.2, 0.25) is 5.02 Å². The molecule has 0 aliphatic heterocycles. The number of para-hydroxylation sites is 1. The van der Waals surface area contributed by atoms with E-state index in [0.717, 1.165) is 27.9 Å². The van der Waals surface area contributed by atoms with Gasteiger partial charge in [-0.2, -0.15) is 5.10 Å². The first kappa shape index (κ1) is 21.1. The summed E-state index contributed by atoms with van der Waals surface area (Å²) in [6.45, 7) is 1.89. The molecule has 1 N–H and O–H groups in total. The molecule has 0 aliphatic rings. The predicted molar refractivity (Wildman–Crippen MR) is 129 cm³/mol. The van der Waals surface area contributed by atoms with Crippen LogP contribution < -0.4 is 5.32 Å². The molecule has 32 heavy (non-hydrogen) atoms. The Balaban J connectivity index is 1.48. The zero-order valence-electron chi connectivity index (χ0n) is 16.8. The minimum Gasteiger partial charge on any atom is -0.297 e. The number of hydrogen-bond donors (Lipinski definition) is 1. The summed E-state index contributed by atoms with van der Waals surface area (Å²) in [5.74, 6) is -0.293. The van der Waals surface area contributed by atoms with E-state index in [1.807, 2.05) is 25.1 Å². The second-order valence-corrected chi connectivity index (χ2v) is 11.6. The van der Waals surface area contributed by atoms with Crippen molar-refractivity contribution in [1.82, 2.24) is 14.8 Å². The molecule has 162 valence electrons. The second-order valence-electron chi connectivity index (χ2n) is 7.15. The van der Waals surface area contributed by atoms with Gasteiger partial charge in [0.1, 0.15) is 4.83 Å². The standard InChI is InChI=1S/C21H15ClN4O3S3/c1-11-13-10-18(30-20(13)26(25-11)16-6-4-3-5-14(16)22)19(27)24-21-23-15-8-7-12(32(2,28)29)9-17(15)31-21/h3-10H,1-2H3,(H,23,24,27). The minimum absolute atomic E-state index is 0.218. The fraction of sp³-hybridized carbons (Fsp3) is 0.0952. The Kier molecular flexibility index (Phi) is 5.05. The summed E-state index contributed by atoms with van der Waals surface area (Å²) < 4.78 is 26.0. The lowest BCUT2D eigenvalue weighted by Crippen LogP contribution is -2.09. The molecule has 0 saturated carbocycles. The van der Waals surface area contributed by atoms with Gasteiger partial charge >= 0.3 is 0 Å². The molecule has 0 unspecified atom stereocenters. The number of benzene rings is 2. The van der Waals surface area contributed by atoms with E-state index in [-0.39, 0.29) is 10.8 Å². The van der Waals surface area contributed by atoms with Gasteiger partial charge in [0.15, 0.2) is 15.0 Å². The summed E-state index contributed by atoms with van der Waals surface area (Å²) in [7, 11) is -3.32. The number of amides is 1. The highest BCUT2D eigenvalue weighted by atomic mass is 35.5. The Morgan fingerprint density at radius 1 is 1.12 bits per heavy atom. The first-order valence-electron chi connectivity index (χ1n) is 9.37. The third-order valence-corrected chi connectivity index (χ3v) is 8.33. The number of anilines is 1. The van der Waals surface area contributed by atoms with Gasteiger partial charge in [-0.25, -0.2) is 18.1 Å². The zero-order chi connectivity index (χ0) is 22.6. The maximum Gasteiger partial charge on any atom is 0.267 e. The molecular weight excluding hydrogens is 488 g/mol. The number of aryl methyl sites for hydroxylation is 1. The van der Waals surface area contributed by atoms with Crippen molar-refractivity contribution in [3.8, 4) is 5.69 Å². The van der Waals surface area contributed by atoms with Gasteiger partial charge < -0.3 is 0 Å². The van der Waals surface area contributed by atoms with Crippen LogP contribution in [-0.4, -0.2) is 35.3 Å². The number of rotatable bonds is 4. The van der Waals surface area contributed by atoms with Crippen molar-refractivity contribution in [3.05, 3.63) is 64.1 Å². The van der Waals surface area contributed by atoms with Crippen LogP contribution in [0.4, 0.5) is 5.13 Å². The summed E-state index contributed by atoms with van der Waals surface area (Å²) in [5.41, 5.74) is 2.16. The predicted octanol–water partition coefficient (Wildman–Crippen LogP) is 5.31. The Morgan fingerprint density at radius 2 is 1.91 bits per heavy atom. The minimum atomic E-state index is -3.32. The van der Waals surface area contributed by atoms with Crippen LogP contribution in [-0.2, 0) is 9.84 Å². The van der Waals surface area contributed by atoms with Gasteiger partial charge in [-0.15, -0.1) is 11.3 Å². The summed E-state index contributed by atoms with van der Waals surface area (Å²) in [4.78, 5) is 18.9. The number of fused-ring (bicyclic) bond motifs is 2. The molecule has 0 radical (unpaired) electrons. The zero-order valence-corrected chi connectivity index (χ0v) is 20.0. The molecule has 0 spiro atoms. The molecule has 0 fully saturated rings. The van der Waals surface area contributed by atoms with Crippen molar-refractivity contribution >= 4 is 75.6 Å². The van der Waals surface area contributed by atoms with Gasteiger partial charge in [-0.1, -0.05) is 35.1 Å². The van der Waals surface area contributed by atoms with Crippen LogP contribution >= 0.6 is 34.3 Å². The summed E-state index contributed by atoms with van der Waals surface area (Å²) in [6, 6.07) is 13.9. The average Bonchev–Trinajstić information content (AvgIpc) is 3.41. The second kappa shape index (κ2) is 7.66. The van der Waals surface area contributed by atoms with Gasteiger partial charge in [-0.3, -0.25) is 10.1 Å². The number of carbonyl (C=O) groups excluding carboxylic acids is 1. The van der Waals surface area contributed by atoms with Gasteiger partial charge in [0.25, 0.3) is 5.91 Å². The van der Waals surface area contributed by atoms with E-state index in [1.54, 1.807) is 28.9 Å². The van der Waals surface area contributed by atoms with E-state index >= 15 is 0 Å². The monoisotopic (exact) mass is 502 g/mol. The number of aromatic nitrogens is 3. The van der Waals surface area contributed by atoms with Crippen molar-refractivity contribution in [3.63, 3.8) is 0 Å². The summed E-state index contributed by atoms with van der Waals surface area (Å²) >= 11 is 8.89. The molecule has 3 aromatic heterocycles. The number of sulfone groups is 1. The SMILES string of the molecule is Cc1nn(-c2ccccc2Cl)c2sc(C(=O)Nc3nc4ccc(S(C)(=O)=O)cc4s3)cc12. The molecular formula is C21H15ClN4O3S3. The highest BCUT2D eigenvalue weighted by molar-refractivity contribution is 7.90. The molecule has 0 saturated heterocycles. The van der Waals surface area contributed by atoms with Gasteiger partial charge in [0, 0.05) is 11.6 Å². The van der Waals surface area contributed by atoms with Crippen LogP contribution in [0.5, 0.6) is 0 Å². The summed E-state index contributed by atoms with van der Waals surface area (Å²) in [5, 5.41) is 9.24. The largest absolute Gasteiger partial charge is 0.297 e. The van der Waals surface area contributed by atoms with Crippen LogP contribution in [0.3, 0.4) is 0 Å². The number of thiazole rings is 1. The normalized spacial score (nSPS) is 12.0. The number of nitrogens with one attached hydrogen (secondary N) is 1. The maximum atomic E-state index is 12.9. The Labute approximate surface area is 196 Å². The van der Waals surface area contributed by atoms with E-state index in [4.69, 9.17) is 11.6 Å². The van der Waals surface area contributed by atoms with Crippen LogP contribution in [0, 0.1) is 6.92 Å². The van der Waals surface area contributed by atoms with E-state index in [2.05, 4.69) is 15.4 Å². The first-order valence-corrected chi connectivity index (χ1v) is 13.3. The molecule has 5 aromatic rings. The number of thiophene rings is 1. The van der Waals surface area contributed by atoms with E-state index < -0.39 is 9.84 Å². The molecule has 0 bridgehead atoms. The van der Waals surface area contributed by atoms with Gasteiger partial charge in [0.2, 0.25) is 0 Å². The van der Waals surface area contributed by atoms with Gasteiger partial charge in [0.05, 0.1) is 36.4 Å². The first-order chi connectivity index (χ1) is 15.2. The van der Waals surface area contributed by atoms with Crippen molar-refractivity contribution in [1.29, 1.82) is 0 Å². The van der Waals surface area contributed by atoms with Crippen LogP contribution in [0.25, 0.3) is 26.1 Å². The Morgan fingerprint density at radius 3 is 2.66 bits per heavy atom. The van der Waals surface area contributed by atoms with Crippen LogP contribution in [0.15, 0.2) is 53.4 Å². The molecule has 5 rings (SSSR count). The quantitative estimate of drug-likeness (QED) is 0.359. The lowest BCUT2D eigenvalue weighted by molar-refractivity contribution is 0.103. The van der Waals surface area contributed by atoms with Crippen molar-refractivity contribution in [2.45, 2.75) is 11.8 Å². The molecule has 2 aromatic carbocycles. The maximum absolute atomic E-state index is 12.9. The Bertz CT molecular complexity index is 1630. The highest BCUT2D eigenvalue weighted by Gasteiger charge is 2.19. The van der Waals surface area contributed by atoms with E-state index in [9.17, 15) is 13.2 Å².